The van der Waals surface area contributed by atoms with Crippen molar-refractivity contribution < 1.29 is 21.8 Å². The van der Waals surface area contributed by atoms with Gasteiger partial charge in [-0.25, -0.2) is 0 Å². The number of hydrogen-bond acceptors (Lipinski definition) is 5. The standard InChI is InChI=1S/C29H23FN2O5S/c1-3-17-7-8-21-24(13-17)31-29-27(21)28(33)23-16-26(36-2)22(18-5-4-6-20(14-18)38(30,34)35)15-25(23)32(29)19-9-11-37-12-10-19/h1,4-8,13-16,19,31H,9-12H2,2H3. The lowest BCUT2D eigenvalue weighted by molar-refractivity contribution is 0.0715. The number of hydrogen-bond donors (Lipinski definition) is 1. The first kappa shape index (κ1) is 24.2. The molecule has 0 unspecified atom stereocenters. The number of terminal acetylenes is 1. The Morgan fingerprint density at radius 2 is 1.89 bits per heavy atom. The number of benzene rings is 3. The second-order valence-electron chi connectivity index (χ2n) is 9.33. The summed E-state index contributed by atoms with van der Waals surface area (Å²) >= 11 is 0. The molecule has 3 heterocycles. The van der Waals surface area contributed by atoms with Gasteiger partial charge in [0.15, 0.2) is 5.43 Å². The third kappa shape index (κ3) is 3.85. The summed E-state index contributed by atoms with van der Waals surface area (Å²) in [5, 5.41) is 1.79. The van der Waals surface area contributed by atoms with Gasteiger partial charge in [-0.15, -0.1) is 10.3 Å². The van der Waals surface area contributed by atoms with Crippen LogP contribution in [0.2, 0.25) is 0 Å². The van der Waals surface area contributed by atoms with Gasteiger partial charge in [-0.1, -0.05) is 24.1 Å². The Bertz CT molecular complexity index is 1960. The van der Waals surface area contributed by atoms with Crippen LogP contribution in [-0.4, -0.2) is 38.3 Å². The number of halogens is 1. The van der Waals surface area contributed by atoms with E-state index in [1.54, 1.807) is 12.1 Å². The Balaban J connectivity index is 1.74. The summed E-state index contributed by atoms with van der Waals surface area (Å²) in [5.41, 5.74) is 3.61. The van der Waals surface area contributed by atoms with E-state index in [1.165, 1.54) is 25.3 Å². The Labute approximate surface area is 218 Å². The number of aromatic nitrogens is 2. The molecule has 1 saturated heterocycles. The highest BCUT2D eigenvalue weighted by atomic mass is 32.3. The van der Waals surface area contributed by atoms with Crippen molar-refractivity contribution in [1.29, 1.82) is 0 Å². The molecule has 0 aliphatic carbocycles. The molecule has 0 atom stereocenters. The minimum Gasteiger partial charge on any atom is -0.496 e. The summed E-state index contributed by atoms with van der Waals surface area (Å²) in [7, 11) is -3.43. The van der Waals surface area contributed by atoms with Crippen LogP contribution in [0.15, 0.2) is 64.3 Å². The second-order valence-corrected chi connectivity index (χ2v) is 10.7. The van der Waals surface area contributed by atoms with Crippen LogP contribution in [0.4, 0.5) is 3.89 Å². The van der Waals surface area contributed by atoms with E-state index in [-0.39, 0.29) is 11.5 Å². The summed E-state index contributed by atoms with van der Waals surface area (Å²) in [4.78, 5) is 17.0. The Kier molecular flexibility index (Phi) is 5.74. The van der Waals surface area contributed by atoms with E-state index in [1.807, 2.05) is 24.3 Å². The van der Waals surface area contributed by atoms with Crippen LogP contribution in [0.25, 0.3) is 44.0 Å². The van der Waals surface area contributed by atoms with Crippen LogP contribution >= 0.6 is 0 Å². The van der Waals surface area contributed by atoms with Gasteiger partial charge in [0, 0.05) is 41.3 Å². The van der Waals surface area contributed by atoms with Gasteiger partial charge in [-0.3, -0.25) is 4.79 Å². The maximum absolute atomic E-state index is 14.0. The van der Waals surface area contributed by atoms with Gasteiger partial charge < -0.3 is 19.0 Å². The van der Waals surface area contributed by atoms with E-state index >= 15 is 0 Å². The number of nitrogens with zero attached hydrogens (tertiary/aromatic N) is 1. The van der Waals surface area contributed by atoms with E-state index in [2.05, 4.69) is 15.5 Å². The summed E-state index contributed by atoms with van der Waals surface area (Å²) in [5.74, 6) is 3.01. The Morgan fingerprint density at radius 1 is 1.11 bits per heavy atom. The zero-order valence-electron chi connectivity index (χ0n) is 20.5. The summed E-state index contributed by atoms with van der Waals surface area (Å²) in [6.07, 6.45) is 7.10. The number of H-pyrrole nitrogens is 1. The smallest absolute Gasteiger partial charge is 0.332 e. The highest BCUT2D eigenvalue weighted by Crippen LogP contribution is 2.38. The third-order valence-corrected chi connectivity index (χ3v) is 8.03. The molecule has 1 aliphatic rings. The van der Waals surface area contributed by atoms with Crippen LogP contribution in [0.3, 0.4) is 0 Å². The fourth-order valence-electron chi connectivity index (χ4n) is 5.42. The van der Waals surface area contributed by atoms with E-state index in [0.717, 1.165) is 23.7 Å². The lowest BCUT2D eigenvalue weighted by Crippen LogP contribution is -2.22. The van der Waals surface area contributed by atoms with Gasteiger partial charge in [0.25, 0.3) is 0 Å². The molecular formula is C29H23FN2O5S. The summed E-state index contributed by atoms with van der Waals surface area (Å²) in [6.45, 7) is 1.17. The van der Waals surface area contributed by atoms with Crippen molar-refractivity contribution in [3.63, 3.8) is 0 Å². The number of fused-ring (bicyclic) bond motifs is 4. The predicted molar refractivity (Wildman–Crippen MR) is 145 cm³/mol. The van der Waals surface area contributed by atoms with Crippen LogP contribution in [0, 0.1) is 12.3 Å². The van der Waals surface area contributed by atoms with E-state index in [0.29, 0.717) is 57.6 Å². The molecule has 0 saturated carbocycles. The quantitative estimate of drug-likeness (QED) is 0.252. The van der Waals surface area contributed by atoms with Crippen LogP contribution < -0.4 is 10.2 Å². The van der Waals surface area contributed by atoms with Gasteiger partial charge in [0.1, 0.15) is 11.4 Å². The number of pyridine rings is 1. The average molecular weight is 531 g/mol. The normalized spacial score (nSPS) is 14.8. The molecule has 2 aromatic heterocycles. The fraction of sp³-hybridized carbons (Fsp3) is 0.207. The average Bonchev–Trinajstić information content (AvgIpc) is 3.31. The maximum atomic E-state index is 14.0. The molecule has 0 bridgehead atoms. The molecule has 7 nitrogen and oxygen atoms in total. The Morgan fingerprint density at radius 3 is 2.61 bits per heavy atom. The number of nitrogens with one attached hydrogen (secondary N) is 1. The lowest BCUT2D eigenvalue weighted by Gasteiger charge is -2.27. The second kappa shape index (κ2) is 9.01. The van der Waals surface area contributed by atoms with Crippen molar-refractivity contribution in [2.24, 2.45) is 0 Å². The topological polar surface area (TPSA) is 90.4 Å². The van der Waals surface area contributed by atoms with Gasteiger partial charge in [0.2, 0.25) is 0 Å². The van der Waals surface area contributed by atoms with Crippen LogP contribution in [0.1, 0.15) is 24.4 Å². The van der Waals surface area contributed by atoms with E-state index in [4.69, 9.17) is 15.9 Å². The first-order valence-electron chi connectivity index (χ1n) is 12.1. The first-order valence-corrected chi connectivity index (χ1v) is 13.5. The molecule has 0 amide bonds. The monoisotopic (exact) mass is 530 g/mol. The highest BCUT2D eigenvalue weighted by Gasteiger charge is 2.25. The molecular weight excluding hydrogens is 507 g/mol. The third-order valence-electron chi connectivity index (χ3n) is 7.22. The molecule has 1 fully saturated rings. The van der Waals surface area contributed by atoms with Crippen LogP contribution in [0.5, 0.6) is 5.75 Å². The van der Waals surface area contributed by atoms with Crippen molar-refractivity contribution >= 4 is 43.1 Å². The van der Waals surface area contributed by atoms with Crippen molar-refractivity contribution in [2.45, 2.75) is 23.8 Å². The van der Waals surface area contributed by atoms with Gasteiger partial charge >= 0.3 is 10.2 Å². The van der Waals surface area contributed by atoms with E-state index < -0.39 is 15.1 Å². The predicted octanol–water partition coefficient (Wildman–Crippen LogP) is 5.30. The zero-order chi connectivity index (χ0) is 26.6. The van der Waals surface area contributed by atoms with Gasteiger partial charge in [0.05, 0.1) is 28.3 Å². The fourth-order valence-corrected chi connectivity index (χ4v) is 5.93. The molecule has 38 heavy (non-hydrogen) atoms. The zero-order valence-corrected chi connectivity index (χ0v) is 21.3. The molecule has 0 spiro atoms. The molecule has 3 aromatic carbocycles. The molecule has 6 rings (SSSR count). The number of ether oxygens (including phenoxy) is 2. The maximum Gasteiger partial charge on any atom is 0.332 e. The molecule has 0 radical (unpaired) electrons. The Hall–Kier alpha value is -4.13. The summed E-state index contributed by atoms with van der Waals surface area (Å²) < 4.78 is 50.4. The lowest BCUT2D eigenvalue weighted by atomic mass is 9.99. The molecule has 5 aromatic rings. The molecule has 1 aliphatic heterocycles. The van der Waals surface area contributed by atoms with Gasteiger partial charge in [-0.2, -0.15) is 8.42 Å². The minimum absolute atomic E-state index is 0.0355. The largest absolute Gasteiger partial charge is 0.496 e. The number of aromatic amines is 1. The molecule has 1 N–H and O–H groups in total. The highest BCUT2D eigenvalue weighted by molar-refractivity contribution is 7.86. The van der Waals surface area contributed by atoms with Crippen molar-refractivity contribution in [3.05, 3.63) is 70.4 Å². The number of rotatable bonds is 4. The molecule has 9 heteroatoms. The summed E-state index contributed by atoms with van der Waals surface area (Å²) in [6, 6.07) is 14.7. The van der Waals surface area contributed by atoms with Crippen LogP contribution in [-0.2, 0) is 15.0 Å². The van der Waals surface area contributed by atoms with Gasteiger partial charge in [-0.05, 0) is 54.8 Å². The van der Waals surface area contributed by atoms with E-state index in [9.17, 15) is 17.1 Å². The first-order chi connectivity index (χ1) is 18.3. The number of methoxy groups -OCH3 is 1. The molecule has 192 valence electrons. The van der Waals surface area contributed by atoms with Crippen molar-refractivity contribution in [3.8, 4) is 29.2 Å². The van der Waals surface area contributed by atoms with Crippen molar-refractivity contribution in [1.82, 2.24) is 9.55 Å². The minimum atomic E-state index is -4.91. The van der Waals surface area contributed by atoms with Crippen molar-refractivity contribution in [2.75, 3.05) is 20.3 Å². The SMILES string of the molecule is C#Cc1ccc2c(c1)[nH]c1c2c(=O)c2cc(OC)c(-c3cccc(S(=O)(=O)F)c3)cc2n1C1CCOCC1.